The van der Waals surface area contributed by atoms with Crippen LogP contribution in [0.25, 0.3) is 0 Å². The van der Waals surface area contributed by atoms with Crippen LogP contribution in [0, 0.1) is 0 Å². The van der Waals surface area contributed by atoms with Crippen LogP contribution in [0.15, 0.2) is 46.5 Å². The molecule has 2 heterocycles. The number of aromatic amines is 1. The molecule has 1 fully saturated rings. The highest BCUT2D eigenvalue weighted by molar-refractivity contribution is 6.48. The lowest BCUT2D eigenvalue weighted by molar-refractivity contribution is -0.141. The maximum absolute atomic E-state index is 14.3. The topological polar surface area (TPSA) is 125 Å². The van der Waals surface area contributed by atoms with Gasteiger partial charge in [0.05, 0.1) is 12.6 Å². The molecule has 2 N–H and O–H groups in total. The Kier molecular flexibility index (Phi) is 8.68. The van der Waals surface area contributed by atoms with Crippen molar-refractivity contribution in [2.24, 2.45) is 4.99 Å². The number of hydrogen-bond donors (Lipinski definition) is 2. The largest absolute Gasteiger partial charge is 0.377 e. The molecule has 2 aromatic rings. The van der Waals surface area contributed by atoms with Crippen LogP contribution < -0.4 is 5.32 Å². The maximum Gasteiger partial charge on any atom is 0.275 e. The third-order valence-electron chi connectivity index (χ3n) is 7.91. The molecule has 2 amide bonds. The predicted octanol–water partition coefficient (Wildman–Crippen LogP) is 4.55. The van der Waals surface area contributed by atoms with Crippen LogP contribution >= 0.6 is 23.2 Å². The van der Waals surface area contributed by atoms with E-state index in [2.05, 4.69) is 32.9 Å². The lowest BCUT2D eigenvalue weighted by Gasteiger charge is -2.48. The van der Waals surface area contributed by atoms with E-state index >= 15 is 0 Å². The van der Waals surface area contributed by atoms with Gasteiger partial charge in [0, 0.05) is 28.3 Å². The van der Waals surface area contributed by atoms with Crippen LogP contribution in [0.2, 0.25) is 10.0 Å². The fourth-order valence-electron chi connectivity index (χ4n) is 6.10. The molecule has 5 rings (SSSR count). The molecule has 1 aromatic carbocycles. The number of benzene rings is 1. The normalized spacial score (nSPS) is 23.6. The zero-order chi connectivity index (χ0) is 28.3. The number of rotatable bonds is 9. The molecule has 12 heteroatoms. The van der Waals surface area contributed by atoms with E-state index in [0.717, 1.165) is 37.7 Å². The van der Waals surface area contributed by atoms with Crippen molar-refractivity contribution >= 4 is 40.7 Å². The SMILES string of the molecule is CCCC(C1=CC=C(C(=O)NCc2nn[nH]n2)CC1)N1C(=O)C(c2cc(Cl)cc(Cl)c2)=NC12CCCCC2OC. The smallest absolute Gasteiger partial charge is 0.275 e. The highest BCUT2D eigenvalue weighted by atomic mass is 35.5. The van der Waals surface area contributed by atoms with E-state index in [1.54, 1.807) is 25.3 Å². The number of halogens is 2. The van der Waals surface area contributed by atoms with Crippen molar-refractivity contribution in [3.05, 3.63) is 62.9 Å². The third-order valence-corrected chi connectivity index (χ3v) is 8.35. The van der Waals surface area contributed by atoms with Gasteiger partial charge in [-0.25, -0.2) is 4.99 Å². The van der Waals surface area contributed by atoms with Crippen molar-refractivity contribution in [1.29, 1.82) is 0 Å². The van der Waals surface area contributed by atoms with Gasteiger partial charge in [-0.15, -0.1) is 10.2 Å². The van der Waals surface area contributed by atoms with Gasteiger partial charge in [0.2, 0.25) is 5.91 Å². The molecule has 1 aromatic heterocycles. The Hall–Kier alpha value is -3.08. The number of carbonyl (C=O) groups is 2. The van der Waals surface area contributed by atoms with E-state index in [4.69, 9.17) is 32.9 Å². The summed E-state index contributed by atoms with van der Waals surface area (Å²) < 4.78 is 6.01. The van der Waals surface area contributed by atoms with Crippen LogP contribution in [0.4, 0.5) is 0 Å². The van der Waals surface area contributed by atoms with Gasteiger partial charge < -0.3 is 15.0 Å². The summed E-state index contributed by atoms with van der Waals surface area (Å²) in [5, 5.41) is 17.4. The monoisotopic (exact) mass is 585 g/mol. The Bertz CT molecular complexity index is 1340. The van der Waals surface area contributed by atoms with Crippen molar-refractivity contribution in [3.8, 4) is 0 Å². The summed E-state index contributed by atoms with van der Waals surface area (Å²) in [5.41, 5.74) is 1.93. The first-order chi connectivity index (χ1) is 19.4. The van der Waals surface area contributed by atoms with Gasteiger partial charge in [-0.1, -0.05) is 60.3 Å². The minimum atomic E-state index is -0.819. The summed E-state index contributed by atoms with van der Waals surface area (Å²) >= 11 is 12.6. The second-order valence-corrected chi connectivity index (χ2v) is 11.3. The first-order valence-electron chi connectivity index (χ1n) is 13.7. The summed E-state index contributed by atoms with van der Waals surface area (Å²) in [6, 6.07) is 4.93. The second-order valence-electron chi connectivity index (χ2n) is 10.4. The number of methoxy groups -OCH3 is 1. The number of H-pyrrole nitrogens is 1. The zero-order valence-corrected chi connectivity index (χ0v) is 24.1. The molecule has 1 aliphatic heterocycles. The molecule has 0 saturated heterocycles. The van der Waals surface area contributed by atoms with Gasteiger partial charge in [-0.3, -0.25) is 9.59 Å². The van der Waals surface area contributed by atoms with Gasteiger partial charge >= 0.3 is 0 Å². The van der Waals surface area contributed by atoms with Gasteiger partial charge in [0.25, 0.3) is 5.91 Å². The molecule has 2 aliphatic carbocycles. The van der Waals surface area contributed by atoms with Gasteiger partial charge in [0.15, 0.2) is 11.5 Å². The number of aromatic nitrogens is 4. The molecule has 3 atom stereocenters. The number of nitrogens with one attached hydrogen (secondary N) is 2. The second kappa shape index (κ2) is 12.2. The lowest BCUT2D eigenvalue weighted by atomic mass is 9.82. The minimum absolute atomic E-state index is 0.144. The van der Waals surface area contributed by atoms with Crippen LogP contribution in [-0.4, -0.2) is 68.0 Å². The average molecular weight is 587 g/mol. The molecule has 212 valence electrons. The Morgan fingerprint density at radius 1 is 1.23 bits per heavy atom. The Morgan fingerprint density at radius 3 is 2.67 bits per heavy atom. The molecule has 10 nitrogen and oxygen atoms in total. The lowest BCUT2D eigenvalue weighted by Crippen LogP contribution is -2.60. The predicted molar refractivity (Wildman–Crippen MR) is 152 cm³/mol. The number of hydrogen-bond acceptors (Lipinski definition) is 7. The van der Waals surface area contributed by atoms with E-state index < -0.39 is 5.66 Å². The molecule has 3 aliphatic rings. The van der Waals surface area contributed by atoms with E-state index in [0.29, 0.717) is 52.0 Å². The van der Waals surface area contributed by atoms with Gasteiger partial charge in [-0.2, -0.15) is 5.21 Å². The highest BCUT2D eigenvalue weighted by Gasteiger charge is 2.56. The highest BCUT2D eigenvalue weighted by Crippen LogP contribution is 2.45. The molecule has 1 saturated carbocycles. The molecular formula is C28H33Cl2N7O3. The van der Waals surface area contributed by atoms with Crippen molar-refractivity contribution in [2.45, 2.75) is 82.6 Å². The van der Waals surface area contributed by atoms with Crippen molar-refractivity contribution in [3.63, 3.8) is 0 Å². The molecule has 1 spiro atoms. The molecule has 40 heavy (non-hydrogen) atoms. The van der Waals surface area contributed by atoms with E-state index in [9.17, 15) is 9.59 Å². The average Bonchev–Trinajstić information content (AvgIpc) is 3.57. The van der Waals surface area contributed by atoms with Crippen LogP contribution in [0.1, 0.15) is 69.7 Å². The van der Waals surface area contributed by atoms with E-state index in [1.165, 1.54) is 0 Å². The van der Waals surface area contributed by atoms with Crippen LogP contribution in [0.5, 0.6) is 0 Å². The van der Waals surface area contributed by atoms with Crippen molar-refractivity contribution in [1.82, 2.24) is 30.8 Å². The zero-order valence-electron chi connectivity index (χ0n) is 22.6. The van der Waals surface area contributed by atoms with Crippen molar-refractivity contribution in [2.75, 3.05) is 7.11 Å². The summed E-state index contributed by atoms with van der Waals surface area (Å²) in [6.45, 7) is 2.31. The summed E-state index contributed by atoms with van der Waals surface area (Å²) in [4.78, 5) is 34.2. The number of carbonyl (C=O) groups excluding carboxylic acids is 2. The van der Waals surface area contributed by atoms with Gasteiger partial charge in [0.1, 0.15) is 11.8 Å². The van der Waals surface area contributed by atoms with E-state index in [1.807, 2.05) is 17.1 Å². The number of amides is 2. The Labute approximate surface area is 243 Å². The number of aliphatic imine (C=N–C) groups is 1. The molecule has 0 radical (unpaired) electrons. The number of tetrazole rings is 1. The number of nitrogens with zero attached hydrogens (tertiary/aromatic N) is 5. The summed E-state index contributed by atoms with van der Waals surface area (Å²) in [5.74, 6) is 0.101. The maximum atomic E-state index is 14.3. The van der Waals surface area contributed by atoms with E-state index in [-0.39, 0.29) is 30.5 Å². The van der Waals surface area contributed by atoms with Crippen LogP contribution in [0.3, 0.4) is 0 Å². The minimum Gasteiger partial charge on any atom is -0.377 e. The first-order valence-corrected chi connectivity index (χ1v) is 14.4. The third kappa shape index (κ3) is 5.57. The Morgan fingerprint density at radius 2 is 2.02 bits per heavy atom. The van der Waals surface area contributed by atoms with Crippen molar-refractivity contribution < 1.29 is 14.3 Å². The molecule has 0 bridgehead atoms. The molecule has 3 unspecified atom stereocenters. The standard InChI is InChI=1S/C28H33Cl2N7O3/c1-3-6-22(17-8-10-18(11-9-17)26(38)31-16-24-33-35-36-34-24)37-27(39)25(19-13-20(29)15-21(30)14-19)32-28(37)12-5-4-7-23(28)40-2/h8,10,13-15,22-23H,3-7,9,11-12,16H2,1-2H3,(H,31,38)(H,33,34,35,36). The number of ether oxygens (including phenoxy) is 1. The molecular weight excluding hydrogens is 553 g/mol. The van der Waals surface area contributed by atoms with Gasteiger partial charge in [-0.05, 0) is 62.3 Å². The van der Waals surface area contributed by atoms with Crippen LogP contribution in [-0.2, 0) is 20.9 Å². The fourth-order valence-corrected chi connectivity index (χ4v) is 6.62. The first kappa shape index (κ1) is 28.4. The summed E-state index contributed by atoms with van der Waals surface area (Å²) in [6.07, 6.45) is 9.96. The fraction of sp³-hybridized carbons (Fsp3) is 0.500. The Balaban J connectivity index is 1.48. The quantitative estimate of drug-likeness (QED) is 0.444. The number of allylic oxidation sites excluding steroid dienone is 2. The summed E-state index contributed by atoms with van der Waals surface area (Å²) in [7, 11) is 1.70.